The third-order valence-electron chi connectivity index (χ3n) is 7.65. The minimum Gasteiger partial charge on any atom is -0.497 e. The van der Waals surface area contributed by atoms with Gasteiger partial charge in [0.2, 0.25) is 5.95 Å². The Morgan fingerprint density at radius 1 is 1.05 bits per heavy atom. The third-order valence-corrected chi connectivity index (χ3v) is 7.65. The lowest BCUT2D eigenvalue weighted by molar-refractivity contribution is 0.122. The zero-order chi connectivity index (χ0) is 25.9. The maximum atomic E-state index is 6.17. The van der Waals surface area contributed by atoms with E-state index in [0.717, 1.165) is 92.3 Å². The molecule has 2 aliphatic rings. The van der Waals surface area contributed by atoms with Crippen molar-refractivity contribution >= 4 is 28.4 Å². The van der Waals surface area contributed by atoms with E-state index in [-0.39, 0.29) is 0 Å². The van der Waals surface area contributed by atoms with Gasteiger partial charge in [-0.1, -0.05) is 18.2 Å². The van der Waals surface area contributed by atoms with Crippen LogP contribution < -0.4 is 20.7 Å². The van der Waals surface area contributed by atoms with Crippen LogP contribution >= 0.6 is 0 Å². The molecule has 0 unspecified atom stereocenters. The van der Waals surface area contributed by atoms with Crippen LogP contribution in [0.5, 0.6) is 5.75 Å². The van der Waals surface area contributed by atoms with Crippen LogP contribution in [0.15, 0.2) is 54.7 Å². The average molecular weight is 514 g/mol. The molecule has 1 aliphatic carbocycles. The van der Waals surface area contributed by atoms with Gasteiger partial charge in [-0.05, 0) is 55.9 Å². The molecule has 2 aromatic carbocycles. The number of anilines is 3. The van der Waals surface area contributed by atoms with Gasteiger partial charge < -0.3 is 25.4 Å². The molecule has 9 nitrogen and oxygen atoms in total. The van der Waals surface area contributed by atoms with E-state index in [1.165, 1.54) is 5.69 Å². The van der Waals surface area contributed by atoms with Crippen molar-refractivity contribution in [1.82, 2.24) is 19.7 Å². The molecule has 0 bridgehead atoms. The van der Waals surface area contributed by atoms with Crippen molar-refractivity contribution in [3.8, 4) is 17.0 Å². The van der Waals surface area contributed by atoms with Crippen LogP contribution in [0.4, 0.5) is 17.3 Å². The molecule has 3 heterocycles. The number of hydrogen-bond acceptors (Lipinski definition) is 8. The maximum Gasteiger partial charge on any atom is 0.229 e. The van der Waals surface area contributed by atoms with Crippen LogP contribution in [-0.4, -0.2) is 59.2 Å². The fraction of sp³-hybridized carbons (Fsp3) is 0.414. The minimum atomic E-state index is 0.321. The summed E-state index contributed by atoms with van der Waals surface area (Å²) in [5, 5.41) is 9.37. The lowest BCUT2D eigenvalue weighted by atomic mass is 9.86. The summed E-state index contributed by atoms with van der Waals surface area (Å²) in [7, 11) is 1.66. The second-order valence-electron chi connectivity index (χ2n) is 10.2. The second kappa shape index (κ2) is 11.0. The summed E-state index contributed by atoms with van der Waals surface area (Å²) in [6, 6.07) is 16.7. The molecule has 2 fully saturated rings. The molecule has 9 heteroatoms. The number of fused-ring (bicyclic) bond motifs is 1. The highest BCUT2D eigenvalue weighted by molar-refractivity contribution is 5.91. The largest absolute Gasteiger partial charge is 0.497 e. The van der Waals surface area contributed by atoms with Crippen LogP contribution in [0, 0.1) is 5.92 Å². The highest BCUT2D eigenvalue weighted by atomic mass is 16.5. The zero-order valence-electron chi connectivity index (χ0n) is 21.8. The summed E-state index contributed by atoms with van der Waals surface area (Å²) in [5.74, 6) is 1.85. The van der Waals surface area contributed by atoms with E-state index >= 15 is 0 Å². The van der Waals surface area contributed by atoms with Crippen molar-refractivity contribution in [2.45, 2.75) is 38.3 Å². The second-order valence-corrected chi connectivity index (χ2v) is 10.2. The van der Waals surface area contributed by atoms with Gasteiger partial charge in [-0.3, -0.25) is 0 Å². The Balaban J connectivity index is 1.33. The van der Waals surface area contributed by atoms with Gasteiger partial charge in [0.25, 0.3) is 0 Å². The molecular formula is C29H35N7O2. The number of benzene rings is 2. The molecule has 6 rings (SSSR count). The lowest BCUT2D eigenvalue weighted by Crippen LogP contribution is -2.36. The Morgan fingerprint density at radius 3 is 2.61 bits per heavy atom. The van der Waals surface area contributed by atoms with Gasteiger partial charge in [-0.15, -0.1) is 0 Å². The van der Waals surface area contributed by atoms with E-state index in [4.69, 9.17) is 25.3 Å². The molecule has 3 N–H and O–H groups in total. The van der Waals surface area contributed by atoms with Gasteiger partial charge >= 0.3 is 0 Å². The van der Waals surface area contributed by atoms with E-state index in [0.29, 0.717) is 17.9 Å². The number of nitrogens with one attached hydrogen (secondary N) is 1. The Kier molecular flexibility index (Phi) is 7.11. The molecule has 0 radical (unpaired) electrons. The van der Waals surface area contributed by atoms with Crippen LogP contribution in [0.25, 0.3) is 22.3 Å². The predicted molar refractivity (Wildman–Crippen MR) is 150 cm³/mol. The Bertz CT molecular complexity index is 1370. The number of nitrogens with two attached hydrogens (primary N) is 1. The zero-order valence-corrected chi connectivity index (χ0v) is 21.8. The Hall–Kier alpha value is -3.69. The number of methoxy groups -OCH3 is 1. The lowest BCUT2D eigenvalue weighted by Gasteiger charge is -2.28. The highest BCUT2D eigenvalue weighted by Crippen LogP contribution is 2.32. The van der Waals surface area contributed by atoms with Crippen LogP contribution in [-0.2, 0) is 11.3 Å². The minimum absolute atomic E-state index is 0.321. The molecule has 1 saturated heterocycles. The number of ether oxygens (including phenoxy) is 2. The number of aromatic nitrogens is 4. The fourth-order valence-electron chi connectivity index (χ4n) is 5.46. The van der Waals surface area contributed by atoms with Gasteiger partial charge in [-0.25, -0.2) is 9.67 Å². The maximum absolute atomic E-state index is 6.17. The first-order valence-corrected chi connectivity index (χ1v) is 13.5. The first-order valence-electron chi connectivity index (χ1n) is 13.5. The van der Waals surface area contributed by atoms with E-state index in [9.17, 15) is 0 Å². The molecule has 2 aromatic heterocycles. The summed E-state index contributed by atoms with van der Waals surface area (Å²) in [5.41, 5.74) is 11.1. The quantitative estimate of drug-likeness (QED) is 0.370. The van der Waals surface area contributed by atoms with Crippen molar-refractivity contribution in [3.05, 3.63) is 54.7 Å². The summed E-state index contributed by atoms with van der Waals surface area (Å²) >= 11 is 0. The van der Waals surface area contributed by atoms with Gasteiger partial charge in [-0.2, -0.15) is 10.1 Å². The monoisotopic (exact) mass is 513 g/mol. The summed E-state index contributed by atoms with van der Waals surface area (Å²) in [4.78, 5) is 11.9. The normalized spacial score (nSPS) is 20.0. The smallest absolute Gasteiger partial charge is 0.229 e. The van der Waals surface area contributed by atoms with Crippen LogP contribution in [0.2, 0.25) is 0 Å². The van der Waals surface area contributed by atoms with Gasteiger partial charge in [0.1, 0.15) is 11.4 Å². The molecule has 38 heavy (non-hydrogen) atoms. The van der Waals surface area contributed by atoms with Crippen molar-refractivity contribution in [1.29, 1.82) is 0 Å². The van der Waals surface area contributed by atoms with Crippen molar-refractivity contribution < 1.29 is 9.47 Å². The fourth-order valence-corrected chi connectivity index (χ4v) is 5.46. The van der Waals surface area contributed by atoms with Gasteiger partial charge in [0, 0.05) is 54.9 Å². The topological polar surface area (TPSA) is 103 Å². The molecule has 0 atom stereocenters. The third kappa shape index (κ3) is 5.30. The van der Waals surface area contributed by atoms with E-state index in [1.807, 2.05) is 30.5 Å². The Morgan fingerprint density at radius 2 is 1.84 bits per heavy atom. The number of rotatable bonds is 7. The van der Waals surface area contributed by atoms with Crippen molar-refractivity contribution in [2.75, 3.05) is 43.6 Å². The summed E-state index contributed by atoms with van der Waals surface area (Å²) in [6.07, 6.45) is 6.25. The van der Waals surface area contributed by atoms with Crippen molar-refractivity contribution in [3.63, 3.8) is 0 Å². The number of hydrogen-bond donors (Lipinski definition) is 2. The molecular weight excluding hydrogens is 478 g/mol. The summed E-state index contributed by atoms with van der Waals surface area (Å²) in [6.45, 7) is 4.20. The standard InChI is InChI=1S/C29H35N7O2/c1-37-25-4-2-3-23(17-25)32-29-31-18-26-27(21-7-11-24(12-8-21)35-13-15-38-16-14-35)34-36(28(26)33-29)19-20-5-9-22(30)10-6-20/h2-4,7-8,11-12,17-18,20,22H,5-6,9-10,13-16,19,30H2,1H3,(H,31,32,33). The molecule has 1 saturated carbocycles. The number of morpholine rings is 1. The molecule has 0 spiro atoms. The van der Waals surface area contributed by atoms with Crippen LogP contribution in [0.3, 0.4) is 0 Å². The van der Waals surface area contributed by atoms with Gasteiger partial charge in [0.05, 0.1) is 25.7 Å². The predicted octanol–water partition coefficient (Wildman–Crippen LogP) is 4.60. The van der Waals surface area contributed by atoms with Crippen molar-refractivity contribution in [2.24, 2.45) is 11.7 Å². The number of nitrogens with zero attached hydrogens (tertiary/aromatic N) is 5. The molecule has 198 valence electrons. The van der Waals surface area contributed by atoms with Gasteiger partial charge in [0.15, 0.2) is 5.65 Å². The first kappa shape index (κ1) is 24.6. The van der Waals surface area contributed by atoms with E-state index in [1.54, 1.807) is 7.11 Å². The molecule has 0 amide bonds. The summed E-state index contributed by atoms with van der Waals surface area (Å²) < 4.78 is 12.9. The van der Waals surface area contributed by atoms with Crippen LogP contribution in [0.1, 0.15) is 25.7 Å². The average Bonchev–Trinajstić information content (AvgIpc) is 3.32. The molecule has 1 aliphatic heterocycles. The Labute approximate surface area is 223 Å². The SMILES string of the molecule is COc1cccc(Nc2ncc3c(-c4ccc(N5CCOCC5)cc4)nn(CC4CCC(N)CC4)c3n2)c1. The molecule has 4 aromatic rings. The van der Waals surface area contributed by atoms with E-state index < -0.39 is 0 Å². The highest BCUT2D eigenvalue weighted by Gasteiger charge is 2.22. The van der Waals surface area contributed by atoms with E-state index in [2.05, 4.69) is 44.1 Å². The first-order chi connectivity index (χ1) is 18.7.